The zero-order valence-electron chi connectivity index (χ0n) is 27.7. The first-order valence-electron chi connectivity index (χ1n) is 17.9. The van der Waals surface area contributed by atoms with E-state index < -0.39 is 0 Å². The topological polar surface area (TPSA) is 149 Å². The maximum atomic E-state index is 13.5. The van der Waals surface area contributed by atoms with Crippen molar-refractivity contribution in [2.75, 3.05) is 38.5 Å². The van der Waals surface area contributed by atoms with Gasteiger partial charge in [0.2, 0.25) is 0 Å². The highest BCUT2D eigenvalue weighted by molar-refractivity contribution is 7.99. The number of ether oxygens (including phenoxy) is 1. The summed E-state index contributed by atoms with van der Waals surface area (Å²) in [6.45, 7) is 6.33. The Labute approximate surface area is 278 Å². The third-order valence-electron chi connectivity index (χ3n) is 12.6. The number of esters is 1. The van der Waals surface area contributed by atoms with E-state index in [9.17, 15) is 14.4 Å². The van der Waals surface area contributed by atoms with Gasteiger partial charge in [-0.25, -0.2) is 4.98 Å². The van der Waals surface area contributed by atoms with Gasteiger partial charge in [-0.1, -0.05) is 31.5 Å². The molecular weight excluding hydrogens is 598 g/mol. The first-order chi connectivity index (χ1) is 22.2. The van der Waals surface area contributed by atoms with Crippen molar-refractivity contribution in [1.29, 1.82) is 0 Å². The van der Waals surface area contributed by atoms with E-state index in [1.807, 2.05) is 0 Å². The molecule has 6 N–H and O–H groups in total. The van der Waals surface area contributed by atoms with Gasteiger partial charge in [-0.2, -0.15) is 0 Å². The first kappa shape index (κ1) is 33.9. The van der Waals surface area contributed by atoms with Crippen LogP contribution in [0.5, 0.6) is 0 Å². The molecule has 5 aliphatic carbocycles. The average molecular weight is 654 g/mol. The van der Waals surface area contributed by atoms with Gasteiger partial charge in [-0.05, 0) is 125 Å². The number of unbranched alkanes of at least 4 members (excludes halogenated alkanes) is 3. The quantitative estimate of drug-likeness (QED) is 0.115. The van der Waals surface area contributed by atoms with Crippen molar-refractivity contribution in [2.45, 2.75) is 102 Å². The number of amides is 1. The molecule has 2 spiro atoms. The number of nitrogens with one attached hydrogen (secondary N) is 2. The summed E-state index contributed by atoms with van der Waals surface area (Å²) in [4.78, 5) is 43.3. The van der Waals surface area contributed by atoms with Crippen molar-refractivity contribution >= 4 is 29.4 Å². The summed E-state index contributed by atoms with van der Waals surface area (Å²) >= 11 is 1.36. The van der Waals surface area contributed by atoms with Gasteiger partial charge < -0.3 is 26.8 Å². The Hall–Kier alpha value is -2.01. The van der Waals surface area contributed by atoms with E-state index in [2.05, 4.69) is 22.5 Å². The van der Waals surface area contributed by atoms with Crippen molar-refractivity contribution < 1.29 is 19.1 Å². The Morgan fingerprint density at radius 1 is 1.04 bits per heavy atom. The lowest BCUT2D eigenvalue weighted by Crippen LogP contribution is -2.46. The van der Waals surface area contributed by atoms with Crippen LogP contribution in [0.3, 0.4) is 0 Å². The lowest BCUT2D eigenvalue weighted by atomic mass is 9.56. The van der Waals surface area contributed by atoms with E-state index in [0.717, 1.165) is 77.4 Å². The molecule has 9 nitrogen and oxygen atoms in total. The summed E-state index contributed by atoms with van der Waals surface area (Å²) in [5.74, 6) is 2.17. The predicted molar refractivity (Wildman–Crippen MR) is 180 cm³/mol. The second-order valence-electron chi connectivity index (χ2n) is 15.4. The third kappa shape index (κ3) is 7.06. The van der Waals surface area contributed by atoms with Gasteiger partial charge in [-0.3, -0.25) is 14.4 Å². The molecule has 1 heterocycles. The van der Waals surface area contributed by atoms with Crippen molar-refractivity contribution in [3.05, 3.63) is 23.9 Å². The molecule has 1 unspecified atom stereocenters. The van der Waals surface area contributed by atoms with Crippen molar-refractivity contribution in [1.82, 2.24) is 15.6 Å². The second-order valence-corrected chi connectivity index (χ2v) is 16.4. The summed E-state index contributed by atoms with van der Waals surface area (Å²) in [5.41, 5.74) is 12.0. The Kier molecular flexibility index (Phi) is 10.5. The third-order valence-corrected chi connectivity index (χ3v) is 13.5. The summed E-state index contributed by atoms with van der Waals surface area (Å²) in [5, 5.41) is 7.36. The van der Waals surface area contributed by atoms with E-state index in [-0.39, 0.29) is 45.9 Å². The Bertz CT molecular complexity index is 1260. The minimum atomic E-state index is -0.188. The summed E-state index contributed by atoms with van der Waals surface area (Å²) in [6.07, 6.45) is 14.9. The highest BCUT2D eigenvalue weighted by Crippen LogP contribution is 2.77. The molecule has 0 radical (unpaired) electrons. The Balaban J connectivity index is 1.13. The van der Waals surface area contributed by atoms with Gasteiger partial charge in [0, 0.05) is 37.0 Å². The highest BCUT2D eigenvalue weighted by atomic mass is 32.2. The molecule has 3 bridgehead atoms. The van der Waals surface area contributed by atoms with Crippen LogP contribution < -0.4 is 22.1 Å². The normalized spacial score (nSPS) is 35.5. The number of fused-ring (bicyclic) bond motifs is 2. The van der Waals surface area contributed by atoms with E-state index in [1.165, 1.54) is 37.4 Å². The van der Waals surface area contributed by atoms with Crippen LogP contribution in [0, 0.1) is 39.9 Å². The molecular formula is C36H55N5O4S. The van der Waals surface area contributed by atoms with E-state index in [1.54, 1.807) is 18.3 Å². The molecule has 254 valence electrons. The fourth-order valence-electron chi connectivity index (χ4n) is 9.85. The van der Waals surface area contributed by atoms with Gasteiger partial charge >= 0.3 is 5.97 Å². The molecule has 0 aliphatic heterocycles. The molecule has 5 saturated carbocycles. The lowest BCUT2D eigenvalue weighted by molar-refractivity contribution is -0.154. The van der Waals surface area contributed by atoms with Gasteiger partial charge in [0.25, 0.3) is 5.91 Å². The Morgan fingerprint density at radius 2 is 1.87 bits per heavy atom. The predicted octanol–water partition coefficient (Wildman–Crippen LogP) is 4.47. The van der Waals surface area contributed by atoms with Gasteiger partial charge in [0.15, 0.2) is 0 Å². The number of aromatic nitrogens is 1. The van der Waals surface area contributed by atoms with Crippen LogP contribution in [0.2, 0.25) is 0 Å². The van der Waals surface area contributed by atoms with Gasteiger partial charge in [-0.15, -0.1) is 0 Å². The van der Waals surface area contributed by atoms with E-state index in [0.29, 0.717) is 47.2 Å². The van der Waals surface area contributed by atoms with Crippen molar-refractivity contribution in [3.8, 4) is 0 Å². The van der Waals surface area contributed by atoms with Crippen LogP contribution in [0.25, 0.3) is 0 Å². The van der Waals surface area contributed by atoms with Crippen molar-refractivity contribution in [3.63, 3.8) is 0 Å². The largest absolute Gasteiger partial charge is 0.461 e. The second kappa shape index (κ2) is 14.2. The number of hydrogen-bond acceptors (Lipinski definition) is 9. The SMILES string of the molecule is C[C@H]1[C@@H]2C[C@]2(CNCCCCCCN)C[C@@H](OC(=O)CSc2ccc(C(=O)NCCCN)cn2)[C@]23C[C@@H]2CC2C[C@@]1(CCC2=O)C3. The fraction of sp³-hybridized carbons (Fsp3) is 0.778. The molecule has 1 aromatic heterocycles. The first-order valence-corrected chi connectivity index (χ1v) is 18.9. The van der Waals surface area contributed by atoms with Crippen LogP contribution in [-0.2, 0) is 14.3 Å². The van der Waals surface area contributed by atoms with Gasteiger partial charge in [0.05, 0.1) is 16.3 Å². The number of nitrogens with two attached hydrogens (primary N) is 2. The zero-order chi connectivity index (χ0) is 32.4. The molecule has 0 aromatic carbocycles. The standard InChI is InChI=1S/C36H55N5O4S/c1-24-28-18-35(28,23-39-13-5-3-2-4-11-37)19-30(36-17-27(36)15-26-16-34(24,22-36)10-9-29(26)42)45-32(43)21-46-31-8-7-25(20-41-31)33(44)40-14-6-12-38/h7-8,20,24,26-28,30,39H,2-6,9-19,21-23,37-38H2,1H3,(H,40,44)/t24-,26?,27-,28-,30+,34-,35+,36-/m0/s1. The van der Waals surface area contributed by atoms with Crippen LogP contribution in [0.15, 0.2) is 23.4 Å². The molecule has 5 aliphatic rings. The van der Waals surface area contributed by atoms with Crippen LogP contribution >= 0.6 is 11.8 Å². The molecule has 1 amide bonds. The monoisotopic (exact) mass is 653 g/mol. The highest BCUT2D eigenvalue weighted by Gasteiger charge is 2.73. The summed E-state index contributed by atoms with van der Waals surface area (Å²) < 4.78 is 6.57. The minimum absolute atomic E-state index is 0.00784. The molecule has 46 heavy (non-hydrogen) atoms. The molecule has 1 aromatic rings. The smallest absolute Gasteiger partial charge is 0.316 e. The lowest BCUT2D eigenvalue weighted by Gasteiger charge is -2.49. The number of ketones is 1. The molecule has 0 saturated heterocycles. The van der Waals surface area contributed by atoms with Gasteiger partial charge in [0.1, 0.15) is 11.9 Å². The summed E-state index contributed by atoms with van der Waals surface area (Å²) in [6, 6.07) is 3.54. The number of thioether (sulfide) groups is 1. The molecule has 6 rings (SSSR count). The number of nitrogens with zero attached hydrogens (tertiary/aromatic N) is 1. The van der Waals surface area contributed by atoms with Crippen LogP contribution in [0.4, 0.5) is 0 Å². The Morgan fingerprint density at radius 3 is 2.65 bits per heavy atom. The maximum absolute atomic E-state index is 13.5. The zero-order valence-corrected chi connectivity index (χ0v) is 28.5. The van der Waals surface area contributed by atoms with E-state index >= 15 is 0 Å². The maximum Gasteiger partial charge on any atom is 0.316 e. The fourth-order valence-corrected chi connectivity index (χ4v) is 10.5. The average Bonchev–Trinajstić information content (AvgIpc) is 3.95. The molecule has 5 fully saturated rings. The summed E-state index contributed by atoms with van der Waals surface area (Å²) in [7, 11) is 0. The van der Waals surface area contributed by atoms with Crippen LogP contribution in [0.1, 0.15) is 101 Å². The number of pyridine rings is 1. The van der Waals surface area contributed by atoms with E-state index in [4.69, 9.17) is 16.2 Å². The number of carbonyl (C=O) groups excluding carboxylic acids is 3. The molecule has 8 atom stereocenters. The van der Waals surface area contributed by atoms with Crippen molar-refractivity contribution in [2.24, 2.45) is 51.4 Å². The number of Topliss-reactive ketones (excluding diaryl/α,β-unsaturated/α-hetero) is 1. The number of hydrogen-bond donors (Lipinski definition) is 4. The number of carbonyl (C=O) groups is 3. The van der Waals surface area contributed by atoms with Crippen LogP contribution in [-0.4, -0.2) is 67.2 Å². The molecule has 10 heteroatoms. The number of rotatable bonds is 16. The minimum Gasteiger partial charge on any atom is -0.461 e.